The molecule has 4 rings (SSSR count). The summed E-state index contributed by atoms with van der Waals surface area (Å²) in [7, 11) is 1.56. The maximum Gasteiger partial charge on any atom is 0.318 e. The number of carbonyl (C=O) groups is 1. The van der Waals surface area contributed by atoms with Gasteiger partial charge in [-0.15, -0.1) is 0 Å². The maximum atomic E-state index is 11.6. The second kappa shape index (κ2) is 9.92. The number of hydrogen-bond acceptors (Lipinski definition) is 7. The fraction of sp³-hybridized carbons (Fsp3) is 0.455. The van der Waals surface area contributed by atoms with Crippen LogP contribution in [0.2, 0.25) is 0 Å². The third-order valence-corrected chi connectivity index (χ3v) is 5.86. The summed E-state index contributed by atoms with van der Waals surface area (Å²) in [5.41, 5.74) is 2.42. The Morgan fingerprint density at radius 3 is 2.53 bits per heavy atom. The molecule has 0 radical (unpaired) electrons. The van der Waals surface area contributed by atoms with Gasteiger partial charge in [0.2, 0.25) is 5.71 Å². The fourth-order valence-corrected chi connectivity index (χ4v) is 3.99. The van der Waals surface area contributed by atoms with E-state index in [4.69, 9.17) is 10.1 Å². The normalized spacial score (nSPS) is 17.1. The number of carbonyl (C=O) groups excluding carboxylic acids is 1. The van der Waals surface area contributed by atoms with Crippen molar-refractivity contribution in [1.82, 2.24) is 20.6 Å². The summed E-state index contributed by atoms with van der Waals surface area (Å²) in [6, 6.07) is 6.96. The number of aromatic nitrogens is 2. The molecule has 0 spiro atoms. The molecule has 2 amide bonds. The molecule has 6 N–H and O–H groups in total. The van der Waals surface area contributed by atoms with Crippen LogP contribution in [-0.2, 0) is 4.74 Å². The van der Waals surface area contributed by atoms with Crippen LogP contribution in [0, 0.1) is 5.92 Å². The van der Waals surface area contributed by atoms with Gasteiger partial charge in [0, 0.05) is 37.3 Å². The standard InChI is InChI=1S/C22H29N7O3/c1-24-22(31)26-16-4-2-15(3-5-16)20-27-18(17(23)14-6-8-25-9-7-14)19(30)21(28-20)29-10-12-32-13-11-29/h2-5,14,23,25,30H,6-13H2,1H3,(H2,24,26,31)/p+1. The largest absolute Gasteiger partial charge is 0.503 e. The van der Waals surface area contributed by atoms with Crippen molar-refractivity contribution in [1.29, 1.82) is 0 Å². The summed E-state index contributed by atoms with van der Waals surface area (Å²) < 4.78 is 5.46. The molecule has 10 nitrogen and oxygen atoms in total. The average Bonchev–Trinajstić information content (AvgIpc) is 2.85. The van der Waals surface area contributed by atoms with Crippen molar-refractivity contribution in [2.45, 2.75) is 12.8 Å². The van der Waals surface area contributed by atoms with Gasteiger partial charge < -0.3 is 30.7 Å². The van der Waals surface area contributed by atoms with Gasteiger partial charge in [0.05, 0.1) is 13.2 Å². The SMILES string of the molecule is CNC(=O)Nc1ccc(-c2nc(C(=[NH2+])C3CCNCC3)c(O)c(N3CCOCC3)n2)cc1. The molecule has 10 heteroatoms. The predicted molar refractivity (Wildman–Crippen MR) is 122 cm³/mol. The molecule has 0 atom stereocenters. The number of aromatic hydroxyl groups is 1. The molecular formula is C22H30N7O3+. The highest BCUT2D eigenvalue weighted by atomic mass is 16.5. The van der Waals surface area contributed by atoms with E-state index in [0.717, 1.165) is 31.5 Å². The Balaban J connectivity index is 1.71. The average molecular weight is 441 g/mol. The first-order chi connectivity index (χ1) is 15.6. The zero-order chi connectivity index (χ0) is 22.5. The lowest BCUT2D eigenvalue weighted by molar-refractivity contribution is -0.119. The Morgan fingerprint density at radius 2 is 1.88 bits per heavy atom. The van der Waals surface area contributed by atoms with Gasteiger partial charge in [0.1, 0.15) is 0 Å². The minimum Gasteiger partial charge on any atom is -0.503 e. The van der Waals surface area contributed by atoms with Crippen molar-refractivity contribution < 1.29 is 20.0 Å². The highest BCUT2D eigenvalue weighted by molar-refractivity contribution is 6.00. The molecule has 2 aliphatic heterocycles. The zero-order valence-electron chi connectivity index (χ0n) is 18.2. The van der Waals surface area contributed by atoms with E-state index in [1.165, 1.54) is 0 Å². The minimum absolute atomic E-state index is 0.0181. The second-order valence-corrected chi connectivity index (χ2v) is 7.93. The van der Waals surface area contributed by atoms with E-state index < -0.39 is 0 Å². The second-order valence-electron chi connectivity index (χ2n) is 7.93. The van der Waals surface area contributed by atoms with Gasteiger partial charge in [-0.05, 0) is 50.2 Å². The molecule has 3 heterocycles. The quantitative estimate of drug-likeness (QED) is 0.412. The Hall–Kier alpha value is -3.24. The molecule has 0 unspecified atom stereocenters. The monoisotopic (exact) mass is 440 g/mol. The number of anilines is 2. The molecule has 1 aromatic carbocycles. The Kier molecular flexibility index (Phi) is 6.81. The van der Waals surface area contributed by atoms with Gasteiger partial charge in [-0.25, -0.2) is 14.8 Å². The number of nitrogens with one attached hydrogen (secondary N) is 3. The fourth-order valence-electron chi connectivity index (χ4n) is 3.99. The molecule has 1 aromatic heterocycles. The van der Waals surface area contributed by atoms with Gasteiger partial charge in [0.25, 0.3) is 0 Å². The van der Waals surface area contributed by atoms with Crippen LogP contribution in [0.3, 0.4) is 0 Å². The molecule has 170 valence electrons. The number of hydrogen-bond donors (Lipinski definition) is 5. The summed E-state index contributed by atoms with van der Waals surface area (Å²) in [6.07, 6.45) is 1.80. The first-order valence-electron chi connectivity index (χ1n) is 10.9. The van der Waals surface area contributed by atoms with Gasteiger partial charge in [-0.1, -0.05) is 0 Å². The third-order valence-electron chi connectivity index (χ3n) is 5.86. The number of rotatable bonds is 5. The molecule has 0 saturated carbocycles. The van der Waals surface area contributed by atoms with Crippen LogP contribution in [0.4, 0.5) is 16.3 Å². The Bertz CT molecular complexity index is 968. The van der Waals surface area contributed by atoms with Crippen molar-refractivity contribution in [2.75, 3.05) is 56.7 Å². The van der Waals surface area contributed by atoms with Crippen LogP contribution in [0.1, 0.15) is 18.5 Å². The summed E-state index contributed by atoms with van der Waals surface area (Å²) in [5, 5.41) is 26.2. The number of amides is 2. The topological polar surface area (TPSA) is 137 Å². The number of ether oxygens (including phenoxy) is 1. The molecular weight excluding hydrogens is 410 g/mol. The highest BCUT2D eigenvalue weighted by Crippen LogP contribution is 2.33. The lowest BCUT2D eigenvalue weighted by Crippen LogP contribution is -2.48. The highest BCUT2D eigenvalue weighted by Gasteiger charge is 2.31. The summed E-state index contributed by atoms with van der Waals surface area (Å²) in [4.78, 5) is 22.9. The van der Waals surface area contributed by atoms with Crippen molar-refractivity contribution >= 4 is 23.2 Å². The predicted octanol–water partition coefficient (Wildman–Crippen LogP) is -0.0151. The van der Waals surface area contributed by atoms with Gasteiger partial charge >= 0.3 is 6.03 Å². The van der Waals surface area contributed by atoms with Crippen LogP contribution in [0.5, 0.6) is 5.75 Å². The molecule has 2 aliphatic rings. The molecule has 2 saturated heterocycles. The Labute approximate surface area is 186 Å². The molecule has 0 bridgehead atoms. The van der Waals surface area contributed by atoms with Crippen LogP contribution >= 0.6 is 0 Å². The number of piperidine rings is 1. The third kappa shape index (κ3) is 4.81. The van der Waals surface area contributed by atoms with Crippen LogP contribution in [0.25, 0.3) is 11.4 Å². The van der Waals surface area contributed by atoms with Gasteiger partial charge in [0.15, 0.2) is 23.1 Å². The molecule has 2 aromatic rings. The zero-order valence-corrected chi connectivity index (χ0v) is 18.2. The summed E-state index contributed by atoms with van der Waals surface area (Å²) in [5.74, 6) is 1.12. The molecule has 0 aliphatic carbocycles. The Morgan fingerprint density at radius 1 is 1.19 bits per heavy atom. The first-order valence-corrected chi connectivity index (χ1v) is 10.9. The van der Waals surface area contributed by atoms with Crippen LogP contribution in [0.15, 0.2) is 24.3 Å². The van der Waals surface area contributed by atoms with Crippen molar-refractivity contribution in [3.8, 4) is 17.1 Å². The van der Waals surface area contributed by atoms with E-state index in [2.05, 4.69) is 25.9 Å². The first kappa shape index (κ1) is 22.0. The van der Waals surface area contributed by atoms with Crippen molar-refractivity contribution in [3.63, 3.8) is 0 Å². The minimum atomic E-state index is -0.292. The number of benzene rings is 1. The van der Waals surface area contributed by atoms with E-state index in [0.29, 0.717) is 55.0 Å². The lowest BCUT2D eigenvalue weighted by Gasteiger charge is -2.29. The maximum absolute atomic E-state index is 11.6. The van der Waals surface area contributed by atoms with E-state index in [9.17, 15) is 9.90 Å². The van der Waals surface area contributed by atoms with Crippen LogP contribution in [-0.4, -0.2) is 73.3 Å². The van der Waals surface area contributed by atoms with E-state index >= 15 is 0 Å². The van der Waals surface area contributed by atoms with Gasteiger partial charge in [-0.2, -0.15) is 0 Å². The van der Waals surface area contributed by atoms with E-state index in [1.54, 1.807) is 19.2 Å². The number of nitrogens with zero attached hydrogens (tertiary/aromatic N) is 3. The number of nitrogens with two attached hydrogens (primary N) is 1. The van der Waals surface area contributed by atoms with E-state index in [-0.39, 0.29) is 17.7 Å². The molecule has 32 heavy (non-hydrogen) atoms. The number of urea groups is 1. The molecule has 2 fully saturated rings. The smallest absolute Gasteiger partial charge is 0.318 e. The van der Waals surface area contributed by atoms with Crippen molar-refractivity contribution in [3.05, 3.63) is 30.0 Å². The summed E-state index contributed by atoms with van der Waals surface area (Å²) >= 11 is 0. The van der Waals surface area contributed by atoms with Gasteiger partial charge in [-0.3, -0.25) is 5.41 Å². The van der Waals surface area contributed by atoms with Crippen LogP contribution < -0.4 is 26.3 Å². The lowest BCUT2D eigenvalue weighted by atomic mass is 9.90. The number of morpholine rings is 1. The summed E-state index contributed by atoms with van der Waals surface area (Å²) in [6.45, 7) is 4.18. The van der Waals surface area contributed by atoms with E-state index in [1.807, 2.05) is 17.0 Å². The van der Waals surface area contributed by atoms with Crippen molar-refractivity contribution in [2.24, 2.45) is 5.92 Å².